The molecule has 52 valence electrons. The van der Waals surface area contributed by atoms with Crippen molar-refractivity contribution >= 4 is 0 Å². The molecule has 0 amide bonds. The Morgan fingerprint density at radius 1 is 1.11 bits per heavy atom. The van der Waals surface area contributed by atoms with Crippen LogP contribution in [0.3, 0.4) is 0 Å². The van der Waals surface area contributed by atoms with Crippen LogP contribution in [0.25, 0.3) is 0 Å². The minimum absolute atomic E-state index is 0. The third-order valence-corrected chi connectivity index (χ3v) is 1.28. The van der Waals surface area contributed by atoms with Crippen LogP contribution in [0.2, 0.25) is 0 Å². The summed E-state index contributed by atoms with van der Waals surface area (Å²) in [6.45, 7) is 6.51. The van der Waals surface area contributed by atoms with Gasteiger partial charge < -0.3 is 12.8 Å². The largest absolute Gasteiger partial charge is 2.00 e. The van der Waals surface area contributed by atoms with E-state index in [0.717, 1.165) is 5.92 Å². The van der Waals surface area contributed by atoms with Gasteiger partial charge >= 0.3 is 31.1 Å². The molecule has 0 aliphatic heterocycles. The van der Waals surface area contributed by atoms with E-state index in [-0.39, 0.29) is 31.1 Å². The van der Waals surface area contributed by atoms with Crippen molar-refractivity contribution in [2.45, 2.75) is 33.6 Å². The van der Waals surface area contributed by atoms with Crippen molar-refractivity contribution in [3.63, 3.8) is 0 Å². The normalized spacial score (nSPS) is 9.33. The van der Waals surface area contributed by atoms with Crippen LogP contribution in [-0.4, -0.2) is 0 Å². The van der Waals surface area contributed by atoms with Gasteiger partial charge in [0.05, 0.1) is 0 Å². The predicted octanol–water partition coefficient (Wildman–Crippen LogP) is 2.85. The predicted molar refractivity (Wildman–Crippen MR) is 38.3 cm³/mol. The van der Waals surface area contributed by atoms with Crippen LogP contribution in [-0.2, 0) is 0 Å². The molecule has 0 fully saturated rings. The SMILES string of the molecule is C[CH-]CC(C)C[CH-]C.[U+2]. The van der Waals surface area contributed by atoms with E-state index in [0.29, 0.717) is 0 Å². The maximum Gasteiger partial charge on any atom is 2.00 e. The molecule has 0 aliphatic carbocycles. The molecule has 1 heteroatoms. The van der Waals surface area contributed by atoms with Crippen molar-refractivity contribution in [3.8, 4) is 0 Å². The fourth-order valence-electron chi connectivity index (χ4n) is 0.901. The standard InChI is InChI=1S/C8H16.U/c1-4-6-8(3)7-5-2;/h4-5,8H,6-7H2,1-3H3;/q-2;+2. The molecule has 0 atom stereocenters. The molecule has 0 radical (unpaired) electrons. The molecule has 0 aliphatic rings. The van der Waals surface area contributed by atoms with E-state index in [1.807, 2.05) is 0 Å². The molecule has 0 spiro atoms. The average Bonchev–Trinajstić information content (AvgIpc) is 1.68. The zero-order chi connectivity index (χ0) is 6.41. The molecule has 0 N–H and O–H groups in total. The molecule has 0 unspecified atom stereocenters. The third kappa shape index (κ3) is 9.05. The summed E-state index contributed by atoms with van der Waals surface area (Å²) in [7, 11) is 0. The van der Waals surface area contributed by atoms with Gasteiger partial charge in [0, 0.05) is 0 Å². The van der Waals surface area contributed by atoms with Gasteiger partial charge in [-0.1, -0.05) is 12.8 Å². The second kappa shape index (κ2) is 9.05. The van der Waals surface area contributed by atoms with E-state index in [4.69, 9.17) is 0 Å². The van der Waals surface area contributed by atoms with Gasteiger partial charge in [-0.25, -0.2) is 0 Å². The summed E-state index contributed by atoms with van der Waals surface area (Å²) in [5, 5.41) is 0. The minimum atomic E-state index is 0. The van der Waals surface area contributed by atoms with Crippen LogP contribution in [0.5, 0.6) is 0 Å². The molecule has 0 heterocycles. The molecule has 0 aromatic carbocycles. The number of rotatable bonds is 4. The van der Waals surface area contributed by atoms with E-state index in [1.54, 1.807) is 0 Å². The number of hydrogen-bond donors (Lipinski definition) is 0. The van der Waals surface area contributed by atoms with Crippen LogP contribution in [0, 0.1) is 49.9 Å². The molecular formula is C8H16U. The van der Waals surface area contributed by atoms with Gasteiger partial charge in [0.1, 0.15) is 0 Å². The van der Waals surface area contributed by atoms with Gasteiger partial charge in [-0.3, -0.25) is 0 Å². The molecule has 0 aromatic rings. The monoisotopic (exact) mass is 350 g/mol. The molecule has 0 saturated heterocycles. The van der Waals surface area contributed by atoms with Crippen LogP contribution in [0.15, 0.2) is 0 Å². The van der Waals surface area contributed by atoms with Crippen molar-refractivity contribution < 1.29 is 31.1 Å². The van der Waals surface area contributed by atoms with Gasteiger partial charge in [-0.15, -0.1) is 0 Å². The summed E-state index contributed by atoms with van der Waals surface area (Å²) in [6.07, 6.45) is 6.97. The van der Waals surface area contributed by atoms with Crippen LogP contribution in [0.1, 0.15) is 33.6 Å². The average molecular weight is 350 g/mol. The Morgan fingerprint density at radius 2 is 1.44 bits per heavy atom. The van der Waals surface area contributed by atoms with Gasteiger partial charge in [-0.05, 0) is 0 Å². The molecule has 0 rings (SSSR count). The first-order valence-corrected chi connectivity index (χ1v) is 3.37. The Balaban J connectivity index is 0. The third-order valence-electron chi connectivity index (χ3n) is 1.28. The van der Waals surface area contributed by atoms with Crippen molar-refractivity contribution in [2.24, 2.45) is 5.92 Å². The summed E-state index contributed by atoms with van der Waals surface area (Å²) in [5.74, 6) is 0.852. The van der Waals surface area contributed by atoms with E-state index >= 15 is 0 Å². The van der Waals surface area contributed by atoms with E-state index in [2.05, 4.69) is 33.6 Å². The Hall–Kier alpha value is 1.05. The number of hydrogen-bond acceptors (Lipinski definition) is 0. The molecular weight excluding hydrogens is 334 g/mol. The smallest absolute Gasteiger partial charge is 0.331 e. The maximum absolute atomic E-state index is 2.28. The molecule has 0 saturated carbocycles. The van der Waals surface area contributed by atoms with Crippen LogP contribution >= 0.6 is 0 Å². The zero-order valence-electron chi connectivity index (χ0n) is 6.65. The summed E-state index contributed by atoms with van der Waals surface area (Å²) in [4.78, 5) is 0. The van der Waals surface area contributed by atoms with Gasteiger partial charge in [-0.2, -0.15) is 26.7 Å². The Kier molecular flexibility index (Phi) is 12.8. The van der Waals surface area contributed by atoms with Crippen molar-refractivity contribution in [2.75, 3.05) is 0 Å². The molecule has 0 bridgehead atoms. The summed E-state index contributed by atoms with van der Waals surface area (Å²) in [6, 6.07) is 0. The topological polar surface area (TPSA) is 0 Å². The molecule has 0 aromatic heterocycles. The quantitative estimate of drug-likeness (QED) is 0.684. The van der Waals surface area contributed by atoms with Crippen LogP contribution in [0.4, 0.5) is 0 Å². The first-order chi connectivity index (χ1) is 3.81. The first kappa shape index (κ1) is 12.7. The molecule has 9 heavy (non-hydrogen) atoms. The minimum Gasteiger partial charge on any atom is -0.331 e. The second-order valence-electron chi connectivity index (χ2n) is 2.39. The second-order valence-corrected chi connectivity index (χ2v) is 2.39. The van der Waals surface area contributed by atoms with Gasteiger partial charge in [0.15, 0.2) is 0 Å². The van der Waals surface area contributed by atoms with E-state index in [9.17, 15) is 0 Å². The fourth-order valence-corrected chi connectivity index (χ4v) is 0.901. The maximum atomic E-state index is 2.28. The Labute approximate surface area is 83.2 Å². The summed E-state index contributed by atoms with van der Waals surface area (Å²) >= 11 is 0. The summed E-state index contributed by atoms with van der Waals surface area (Å²) in [5.41, 5.74) is 0. The van der Waals surface area contributed by atoms with Crippen molar-refractivity contribution in [1.29, 1.82) is 0 Å². The summed E-state index contributed by atoms with van der Waals surface area (Å²) < 4.78 is 0. The van der Waals surface area contributed by atoms with Crippen molar-refractivity contribution in [3.05, 3.63) is 12.8 Å². The molecule has 0 nitrogen and oxygen atoms in total. The fraction of sp³-hybridized carbons (Fsp3) is 0.750. The van der Waals surface area contributed by atoms with Gasteiger partial charge in [0.2, 0.25) is 0 Å². The Morgan fingerprint density at radius 3 is 1.67 bits per heavy atom. The van der Waals surface area contributed by atoms with Crippen LogP contribution < -0.4 is 0 Å². The Bertz CT molecular complexity index is 37.8. The van der Waals surface area contributed by atoms with Gasteiger partial charge in [0.25, 0.3) is 0 Å². The first-order valence-electron chi connectivity index (χ1n) is 3.37. The zero-order valence-corrected chi connectivity index (χ0v) is 10.8. The van der Waals surface area contributed by atoms with Crippen molar-refractivity contribution in [1.82, 2.24) is 0 Å². The van der Waals surface area contributed by atoms with E-state index < -0.39 is 0 Å². The van der Waals surface area contributed by atoms with E-state index in [1.165, 1.54) is 12.8 Å².